The molecule has 28 heavy (non-hydrogen) atoms. The molecule has 0 fully saturated rings. The van der Waals surface area contributed by atoms with E-state index in [0.717, 1.165) is 24.3 Å². The van der Waals surface area contributed by atoms with Crippen molar-refractivity contribution in [3.63, 3.8) is 0 Å². The van der Waals surface area contributed by atoms with Crippen molar-refractivity contribution in [3.8, 4) is 11.5 Å². The second-order valence-corrected chi connectivity index (χ2v) is 6.31. The fraction of sp³-hybridized carbons (Fsp3) is 0.286. The first-order valence-corrected chi connectivity index (χ1v) is 9.07. The summed E-state index contributed by atoms with van der Waals surface area (Å²) in [5, 5.41) is 3.34. The third-order valence-electron chi connectivity index (χ3n) is 4.39. The summed E-state index contributed by atoms with van der Waals surface area (Å²) in [6.45, 7) is 1.45. The summed E-state index contributed by atoms with van der Waals surface area (Å²) in [6.07, 6.45) is 6.29. The zero-order valence-corrected chi connectivity index (χ0v) is 16.4. The lowest BCUT2D eigenvalue weighted by atomic mass is 10.2. The number of nitrogens with zero attached hydrogens (tertiary/aromatic N) is 4. The fourth-order valence-corrected chi connectivity index (χ4v) is 2.76. The van der Waals surface area contributed by atoms with Gasteiger partial charge in [0.2, 0.25) is 5.95 Å². The highest BCUT2D eigenvalue weighted by atomic mass is 16.5. The number of ether oxygens (including phenoxy) is 2. The monoisotopic (exact) mass is 379 g/mol. The summed E-state index contributed by atoms with van der Waals surface area (Å²) in [6, 6.07) is 11.8. The van der Waals surface area contributed by atoms with Gasteiger partial charge in [0.15, 0.2) is 11.5 Å². The molecule has 0 aliphatic rings. The molecule has 0 aliphatic heterocycles. The Hall–Kier alpha value is -3.35. The number of pyridine rings is 1. The topological polar surface area (TPSA) is 72.4 Å². The number of hydrogen-bond acceptors (Lipinski definition) is 7. The zero-order chi connectivity index (χ0) is 19.8. The molecule has 1 aromatic carbocycles. The highest BCUT2D eigenvalue weighted by Gasteiger charge is 2.07. The Morgan fingerprint density at radius 1 is 0.929 bits per heavy atom. The predicted molar refractivity (Wildman–Crippen MR) is 110 cm³/mol. The van der Waals surface area contributed by atoms with Gasteiger partial charge >= 0.3 is 0 Å². The molecular weight excluding hydrogens is 354 g/mol. The van der Waals surface area contributed by atoms with Crippen molar-refractivity contribution in [2.45, 2.75) is 13.0 Å². The molecule has 3 rings (SSSR count). The molecule has 7 heteroatoms. The maximum Gasteiger partial charge on any atom is 0.226 e. The Kier molecular flexibility index (Phi) is 6.62. The number of likely N-dealkylation sites (N-methyl/N-ethyl adjacent to an activating group) is 1. The molecule has 0 atom stereocenters. The van der Waals surface area contributed by atoms with Gasteiger partial charge in [0.25, 0.3) is 0 Å². The normalized spacial score (nSPS) is 10.4. The lowest BCUT2D eigenvalue weighted by molar-refractivity contribution is 0.354. The van der Waals surface area contributed by atoms with Gasteiger partial charge in [0.05, 0.1) is 14.2 Å². The van der Waals surface area contributed by atoms with E-state index in [1.807, 2.05) is 60.7 Å². The first-order valence-electron chi connectivity index (χ1n) is 9.07. The highest BCUT2D eigenvalue weighted by molar-refractivity contribution is 5.45. The summed E-state index contributed by atoms with van der Waals surface area (Å²) in [4.78, 5) is 15.1. The van der Waals surface area contributed by atoms with Crippen molar-refractivity contribution in [2.24, 2.45) is 0 Å². The van der Waals surface area contributed by atoms with Crippen LogP contribution in [0.5, 0.6) is 11.5 Å². The van der Waals surface area contributed by atoms with Crippen molar-refractivity contribution in [3.05, 3.63) is 66.1 Å². The first-order chi connectivity index (χ1) is 13.7. The van der Waals surface area contributed by atoms with Crippen LogP contribution in [0, 0.1) is 0 Å². The average Bonchev–Trinajstić information content (AvgIpc) is 2.76. The quantitative estimate of drug-likeness (QED) is 0.612. The van der Waals surface area contributed by atoms with Crippen LogP contribution >= 0.6 is 0 Å². The predicted octanol–water partition coefficient (Wildman–Crippen LogP) is 3.18. The van der Waals surface area contributed by atoms with E-state index in [9.17, 15) is 0 Å². The summed E-state index contributed by atoms with van der Waals surface area (Å²) in [5.41, 5.74) is 2.31. The molecule has 3 aromatic rings. The minimum absolute atomic E-state index is 0.623. The Balaban J connectivity index is 1.60. The number of nitrogens with one attached hydrogen (secondary N) is 1. The van der Waals surface area contributed by atoms with Gasteiger partial charge in [-0.1, -0.05) is 6.07 Å². The number of rotatable bonds is 9. The number of benzene rings is 1. The van der Waals surface area contributed by atoms with Crippen LogP contribution in [0.1, 0.15) is 11.1 Å². The molecule has 2 aromatic heterocycles. The van der Waals surface area contributed by atoms with Gasteiger partial charge in [0, 0.05) is 38.7 Å². The van der Waals surface area contributed by atoms with Gasteiger partial charge < -0.3 is 19.7 Å². The third kappa shape index (κ3) is 5.09. The summed E-state index contributed by atoms with van der Waals surface area (Å²) in [7, 11) is 5.26. The van der Waals surface area contributed by atoms with Crippen LogP contribution in [-0.4, -0.2) is 42.8 Å². The number of methoxy groups -OCH3 is 2. The molecule has 0 aliphatic carbocycles. The van der Waals surface area contributed by atoms with Crippen LogP contribution < -0.4 is 19.7 Å². The van der Waals surface area contributed by atoms with Crippen LogP contribution in [0.3, 0.4) is 0 Å². The van der Waals surface area contributed by atoms with Crippen LogP contribution in [0.25, 0.3) is 0 Å². The van der Waals surface area contributed by atoms with E-state index < -0.39 is 0 Å². The smallest absolute Gasteiger partial charge is 0.226 e. The van der Waals surface area contributed by atoms with Crippen molar-refractivity contribution in [1.29, 1.82) is 0 Å². The molecule has 146 valence electrons. The molecule has 2 heterocycles. The Morgan fingerprint density at radius 2 is 1.71 bits per heavy atom. The van der Waals surface area contributed by atoms with Crippen molar-refractivity contribution >= 4 is 11.8 Å². The van der Waals surface area contributed by atoms with E-state index in [1.54, 1.807) is 20.4 Å². The Morgan fingerprint density at radius 3 is 2.46 bits per heavy atom. The molecule has 0 amide bonds. The van der Waals surface area contributed by atoms with Gasteiger partial charge in [-0.3, -0.25) is 4.98 Å². The molecule has 0 radical (unpaired) electrons. The lowest BCUT2D eigenvalue weighted by Gasteiger charge is -2.17. The standard InChI is InChI=1S/C21H25N5O2/c1-26(13-9-16-6-10-22-11-7-16)21-23-12-8-20(25-21)24-15-17-4-5-18(27-2)19(14-17)28-3/h4-8,10-12,14H,9,13,15H2,1-3H3,(H,23,24,25). The van der Waals surface area contributed by atoms with E-state index in [0.29, 0.717) is 24.0 Å². The van der Waals surface area contributed by atoms with Crippen LogP contribution in [0.2, 0.25) is 0 Å². The van der Waals surface area contributed by atoms with Crippen molar-refractivity contribution in [1.82, 2.24) is 15.0 Å². The molecule has 1 N–H and O–H groups in total. The minimum atomic E-state index is 0.623. The maximum absolute atomic E-state index is 5.35. The second kappa shape index (κ2) is 9.55. The zero-order valence-electron chi connectivity index (χ0n) is 16.4. The Bertz CT molecular complexity index is 889. The highest BCUT2D eigenvalue weighted by Crippen LogP contribution is 2.27. The average molecular weight is 379 g/mol. The van der Waals surface area contributed by atoms with Crippen molar-refractivity contribution < 1.29 is 9.47 Å². The van der Waals surface area contributed by atoms with Crippen LogP contribution in [0.15, 0.2) is 55.0 Å². The molecule has 0 saturated carbocycles. The molecular formula is C21H25N5O2. The first kappa shape index (κ1) is 19.4. The van der Waals surface area contributed by atoms with Crippen LogP contribution in [0.4, 0.5) is 11.8 Å². The Labute approximate surface area is 165 Å². The summed E-state index contributed by atoms with van der Waals surface area (Å²) < 4.78 is 10.6. The SMILES string of the molecule is COc1ccc(CNc2ccnc(N(C)CCc3ccncc3)n2)cc1OC. The van der Waals surface area contributed by atoms with Gasteiger partial charge in [-0.2, -0.15) is 4.98 Å². The van der Waals surface area contributed by atoms with Crippen LogP contribution in [-0.2, 0) is 13.0 Å². The summed E-state index contributed by atoms with van der Waals surface area (Å²) >= 11 is 0. The second-order valence-electron chi connectivity index (χ2n) is 6.31. The van der Waals surface area contributed by atoms with Gasteiger partial charge in [-0.25, -0.2) is 4.98 Å². The third-order valence-corrected chi connectivity index (χ3v) is 4.39. The molecule has 0 spiro atoms. The molecule has 0 bridgehead atoms. The molecule has 0 unspecified atom stereocenters. The van der Waals surface area contributed by atoms with Gasteiger partial charge in [-0.15, -0.1) is 0 Å². The maximum atomic E-state index is 5.35. The minimum Gasteiger partial charge on any atom is -0.493 e. The van der Waals surface area contributed by atoms with E-state index >= 15 is 0 Å². The van der Waals surface area contributed by atoms with Gasteiger partial charge in [-0.05, 0) is 47.9 Å². The molecule has 7 nitrogen and oxygen atoms in total. The largest absolute Gasteiger partial charge is 0.493 e. The van der Waals surface area contributed by atoms with E-state index in [-0.39, 0.29) is 0 Å². The van der Waals surface area contributed by atoms with E-state index in [1.165, 1.54) is 5.56 Å². The van der Waals surface area contributed by atoms with Gasteiger partial charge in [0.1, 0.15) is 5.82 Å². The van der Waals surface area contributed by atoms with Crippen molar-refractivity contribution in [2.75, 3.05) is 38.0 Å². The summed E-state index contributed by atoms with van der Waals surface area (Å²) in [5.74, 6) is 2.88. The van der Waals surface area contributed by atoms with E-state index in [4.69, 9.17) is 9.47 Å². The fourth-order valence-electron chi connectivity index (χ4n) is 2.76. The molecule has 0 saturated heterocycles. The number of anilines is 2. The lowest BCUT2D eigenvalue weighted by Crippen LogP contribution is -2.22. The number of aromatic nitrogens is 3. The van der Waals surface area contributed by atoms with E-state index in [2.05, 4.69) is 20.3 Å². The number of hydrogen-bond donors (Lipinski definition) is 1.